The van der Waals surface area contributed by atoms with E-state index in [-0.39, 0.29) is 6.10 Å². The van der Waals surface area contributed by atoms with Crippen molar-refractivity contribution in [3.8, 4) is 0 Å². The highest BCUT2D eigenvalue weighted by Gasteiger charge is 2.39. The van der Waals surface area contributed by atoms with Crippen LogP contribution in [0.2, 0.25) is 0 Å². The fourth-order valence-electron chi connectivity index (χ4n) is 2.94. The van der Waals surface area contributed by atoms with E-state index in [1.807, 2.05) is 0 Å². The molecule has 0 aromatic heterocycles. The third kappa shape index (κ3) is 1.46. The molecule has 3 aliphatic rings. The summed E-state index contributed by atoms with van der Waals surface area (Å²) in [5.74, 6) is 0. The van der Waals surface area contributed by atoms with Gasteiger partial charge in [-0.3, -0.25) is 4.90 Å². The first-order chi connectivity index (χ1) is 6.83. The number of aliphatic hydroxyl groups excluding tert-OH is 1. The van der Waals surface area contributed by atoms with E-state index in [1.165, 1.54) is 12.8 Å². The summed E-state index contributed by atoms with van der Waals surface area (Å²) in [5.41, 5.74) is 0. The van der Waals surface area contributed by atoms with E-state index in [2.05, 4.69) is 10.2 Å². The molecule has 3 fully saturated rings. The molecule has 0 saturated carbocycles. The smallest absolute Gasteiger partial charge is 0.0831 e. The van der Waals surface area contributed by atoms with Gasteiger partial charge in [-0.25, -0.2) is 0 Å². The molecule has 4 atom stereocenters. The standard InChI is InChI=1S/C10H18N2O2/c13-10-4-11-3-9(10)12-5-7-1-2-8(6-12)14-7/h7-11,13H,1-6H2. The number of hydrogen-bond donors (Lipinski definition) is 2. The molecule has 0 spiro atoms. The largest absolute Gasteiger partial charge is 0.390 e. The van der Waals surface area contributed by atoms with Crippen molar-refractivity contribution in [2.45, 2.75) is 37.2 Å². The molecule has 3 rings (SSSR count). The number of morpholine rings is 1. The van der Waals surface area contributed by atoms with Crippen molar-refractivity contribution in [3.63, 3.8) is 0 Å². The van der Waals surface area contributed by atoms with Crippen LogP contribution in [0.1, 0.15) is 12.8 Å². The normalized spacial score (nSPS) is 48.6. The van der Waals surface area contributed by atoms with Crippen LogP contribution in [-0.2, 0) is 4.74 Å². The van der Waals surface area contributed by atoms with Crippen molar-refractivity contribution in [1.29, 1.82) is 0 Å². The Labute approximate surface area is 84.2 Å². The van der Waals surface area contributed by atoms with Crippen LogP contribution in [0, 0.1) is 0 Å². The Balaban J connectivity index is 1.67. The molecule has 3 aliphatic heterocycles. The molecular formula is C10H18N2O2. The van der Waals surface area contributed by atoms with Gasteiger partial charge in [0.15, 0.2) is 0 Å². The molecule has 3 saturated heterocycles. The maximum Gasteiger partial charge on any atom is 0.0831 e. The average Bonchev–Trinajstić information content (AvgIpc) is 2.73. The van der Waals surface area contributed by atoms with Gasteiger partial charge in [0.1, 0.15) is 0 Å². The number of β-amino-alcohol motifs (C(OH)–C–C–N with tert-alkyl or cyclic N) is 1. The van der Waals surface area contributed by atoms with Gasteiger partial charge in [0.05, 0.1) is 18.3 Å². The summed E-state index contributed by atoms with van der Waals surface area (Å²) in [6.45, 7) is 3.71. The highest BCUT2D eigenvalue weighted by Crippen LogP contribution is 2.28. The summed E-state index contributed by atoms with van der Waals surface area (Å²) in [4.78, 5) is 2.41. The number of ether oxygens (including phenoxy) is 1. The van der Waals surface area contributed by atoms with Crippen molar-refractivity contribution >= 4 is 0 Å². The Morgan fingerprint density at radius 1 is 1.14 bits per heavy atom. The fraction of sp³-hybridized carbons (Fsp3) is 1.00. The SMILES string of the molecule is OC1CNCC1N1CC2CCC(C1)O2. The Bertz CT molecular complexity index is 212. The second-order valence-corrected chi connectivity index (χ2v) is 4.70. The molecule has 2 N–H and O–H groups in total. The second-order valence-electron chi connectivity index (χ2n) is 4.70. The van der Waals surface area contributed by atoms with Crippen LogP contribution < -0.4 is 5.32 Å². The Morgan fingerprint density at radius 2 is 1.86 bits per heavy atom. The zero-order valence-electron chi connectivity index (χ0n) is 8.35. The Hall–Kier alpha value is -0.160. The van der Waals surface area contributed by atoms with Crippen molar-refractivity contribution in [1.82, 2.24) is 10.2 Å². The van der Waals surface area contributed by atoms with Gasteiger partial charge in [-0.05, 0) is 12.8 Å². The maximum atomic E-state index is 9.79. The molecule has 2 bridgehead atoms. The van der Waals surface area contributed by atoms with Gasteiger partial charge in [0, 0.05) is 32.2 Å². The third-order valence-corrected chi connectivity index (χ3v) is 3.69. The number of hydrogen-bond acceptors (Lipinski definition) is 4. The molecule has 14 heavy (non-hydrogen) atoms. The molecule has 0 aromatic rings. The van der Waals surface area contributed by atoms with Gasteiger partial charge >= 0.3 is 0 Å². The topological polar surface area (TPSA) is 44.7 Å². The highest BCUT2D eigenvalue weighted by molar-refractivity contribution is 4.94. The summed E-state index contributed by atoms with van der Waals surface area (Å²) >= 11 is 0. The predicted molar refractivity (Wildman–Crippen MR) is 52.1 cm³/mol. The number of nitrogens with zero attached hydrogens (tertiary/aromatic N) is 1. The minimum absolute atomic E-state index is 0.188. The van der Waals surface area contributed by atoms with Crippen LogP contribution in [0.3, 0.4) is 0 Å². The second kappa shape index (κ2) is 3.45. The monoisotopic (exact) mass is 198 g/mol. The van der Waals surface area contributed by atoms with Crippen LogP contribution in [0.25, 0.3) is 0 Å². The minimum atomic E-state index is -0.188. The van der Waals surface area contributed by atoms with Gasteiger partial charge in [0.2, 0.25) is 0 Å². The predicted octanol–water partition coefficient (Wildman–Crippen LogP) is -0.818. The quantitative estimate of drug-likeness (QED) is 0.578. The first kappa shape index (κ1) is 9.09. The number of fused-ring (bicyclic) bond motifs is 2. The molecule has 0 radical (unpaired) electrons. The van der Waals surface area contributed by atoms with E-state index >= 15 is 0 Å². The number of rotatable bonds is 1. The lowest BCUT2D eigenvalue weighted by Gasteiger charge is -2.37. The minimum Gasteiger partial charge on any atom is -0.390 e. The van der Waals surface area contributed by atoms with E-state index < -0.39 is 0 Å². The molecule has 0 aromatic carbocycles. The highest BCUT2D eigenvalue weighted by atomic mass is 16.5. The van der Waals surface area contributed by atoms with E-state index in [0.717, 1.165) is 26.2 Å². The van der Waals surface area contributed by atoms with Crippen molar-refractivity contribution in [3.05, 3.63) is 0 Å². The summed E-state index contributed by atoms with van der Waals surface area (Å²) in [6, 6.07) is 0.321. The first-order valence-corrected chi connectivity index (χ1v) is 5.61. The summed E-state index contributed by atoms with van der Waals surface area (Å²) in [7, 11) is 0. The molecule has 4 heteroatoms. The molecule has 0 amide bonds. The van der Waals surface area contributed by atoms with Gasteiger partial charge < -0.3 is 15.2 Å². The maximum absolute atomic E-state index is 9.79. The molecular weight excluding hydrogens is 180 g/mol. The van der Waals surface area contributed by atoms with E-state index in [1.54, 1.807) is 0 Å². The summed E-state index contributed by atoms with van der Waals surface area (Å²) in [6.07, 6.45) is 3.09. The Morgan fingerprint density at radius 3 is 2.43 bits per heavy atom. The number of nitrogens with one attached hydrogen (secondary N) is 1. The number of likely N-dealkylation sites (tertiary alicyclic amines) is 1. The van der Waals surface area contributed by atoms with Gasteiger partial charge in [-0.15, -0.1) is 0 Å². The van der Waals surface area contributed by atoms with E-state index in [0.29, 0.717) is 18.2 Å². The zero-order valence-corrected chi connectivity index (χ0v) is 8.35. The molecule has 3 heterocycles. The van der Waals surface area contributed by atoms with Crippen LogP contribution in [-0.4, -0.2) is 60.5 Å². The van der Waals surface area contributed by atoms with Crippen molar-refractivity contribution in [2.24, 2.45) is 0 Å². The van der Waals surface area contributed by atoms with Crippen molar-refractivity contribution in [2.75, 3.05) is 26.2 Å². The van der Waals surface area contributed by atoms with E-state index in [4.69, 9.17) is 4.74 Å². The molecule has 0 aliphatic carbocycles. The van der Waals surface area contributed by atoms with Crippen molar-refractivity contribution < 1.29 is 9.84 Å². The molecule has 80 valence electrons. The van der Waals surface area contributed by atoms with Crippen LogP contribution in [0.5, 0.6) is 0 Å². The van der Waals surface area contributed by atoms with Crippen LogP contribution in [0.15, 0.2) is 0 Å². The van der Waals surface area contributed by atoms with Gasteiger partial charge in [-0.1, -0.05) is 0 Å². The van der Waals surface area contributed by atoms with Crippen LogP contribution in [0.4, 0.5) is 0 Å². The van der Waals surface area contributed by atoms with Gasteiger partial charge in [-0.2, -0.15) is 0 Å². The van der Waals surface area contributed by atoms with E-state index in [9.17, 15) is 5.11 Å². The lowest BCUT2D eigenvalue weighted by molar-refractivity contribution is -0.0637. The van der Waals surface area contributed by atoms with Gasteiger partial charge in [0.25, 0.3) is 0 Å². The molecule has 4 unspecified atom stereocenters. The molecule has 4 nitrogen and oxygen atoms in total. The first-order valence-electron chi connectivity index (χ1n) is 5.61. The van der Waals surface area contributed by atoms with Crippen LogP contribution >= 0.6 is 0 Å². The third-order valence-electron chi connectivity index (χ3n) is 3.69. The Kier molecular flexibility index (Phi) is 2.24. The zero-order chi connectivity index (χ0) is 9.54. The summed E-state index contributed by atoms with van der Waals surface area (Å²) in [5, 5.41) is 13.0. The average molecular weight is 198 g/mol. The lowest BCUT2D eigenvalue weighted by Crippen LogP contribution is -2.52. The lowest BCUT2D eigenvalue weighted by atomic mass is 10.1. The fourth-order valence-corrected chi connectivity index (χ4v) is 2.94. The summed E-state index contributed by atoms with van der Waals surface area (Å²) < 4.78 is 5.78. The number of aliphatic hydroxyl groups is 1.